The van der Waals surface area contributed by atoms with Gasteiger partial charge in [0.25, 0.3) is 11.8 Å². The lowest BCUT2D eigenvalue weighted by molar-refractivity contribution is -0.143. The summed E-state index contributed by atoms with van der Waals surface area (Å²) in [7, 11) is 0. The molecular weight excluding hydrogens is 496 g/mol. The summed E-state index contributed by atoms with van der Waals surface area (Å²) in [6, 6.07) is 23.7. The zero-order valence-electron chi connectivity index (χ0n) is 22.0. The Balaban J connectivity index is 1.15. The molecule has 39 heavy (non-hydrogen) atoms. The Morgan fingerprint density at radius 1 is 0.769 bits per heavy atom. The Kier molecular flexibility index (Phi) is 9.56. The maximum atomic E-state index is 12.5. The van der Waals surface area contributed by atoms with Gasteiger partial charge >= 0.3 is 5.97 Å². The number of carboxylic acid groups (broad SMARTS) is 1. The van der Waals surface area contributed by atoms with E-state index < -0.39 is 5.97 Å². The molecule has 0 unspecified atom stereocenters. The summed E-state index contributed by atoms with van der Waals surface area (Å²) in [6.07, 6.45) is 2.52. The van der Waals surface area contributed by atoms with Gasteiger partial charge in [0.2, 0.25) is 0 Å². The van der Waals surface area contributed by atoms with Crippen LogP contribution in [0.4, 0.5) is 0 Å². The van der Waals surface area contributed by atoms with Crippen LogP contribution in [0.15, 0.2) is 78.9 Å². The first-order valence-electron chi connectivity index (χ1n) is 13.3. The molecule has 1 aliphatic rings. The van der Waals surface area contributed by atoms with Crippen molar-refractivity contribution in [2.45, 2.75) is 44.8 Å². The smallest absolute Gasteiger partial charge is 0.306 e. The molecule has 3 aromatic rings. The van der Waals surface area contributed by atoms with Gasteiger partial charge in [-0.05, 0) is 86.7 Å². The van der Waals surface area contributed by atoms with E-state index >= 15 is 0 Å². The third kappa shape index (κ3) is 8.07. The highest BCUT2D eigenvalue weighted by Crippen LogP contribution is 2.28. The molecule has 0 saturated heterocycles. The molecular formula is C31H34N2O6. The molecule has 3 aromatic carbocycles. The highest BCUT2D eigenvalue weighted by molar-refractivity contribution is 5.95. The first kappa shape index (κ1) is 27.7. The molecule has 0 aliphatic heterocycles. The monoisotopic (exact) mass is 530 g/mol. The molecule has 0 spiro atoms. The molecule has 8 heteroatoms. The van der Waals surface area contributed by atoms with Crippen molar-refractivity contribution in [1.82, 2.24) is 10.6 Å². The van der Waals surface area contributed by atoms with E-state index in [2.05, 4.69) is 10.6 Å². The fourth-order valence-corrected chi connectivity index (χ4v) is 4.54. The molecule has 3 N–H and O–H groups in total. The molecule has 204 valence electrons. The predicted molar refractivity (Wildman–Crippen MR) is 147 cm³/mol. The summed E-state index contributed by atoms with van der Waals surface area (Å²) in [4.78, 5) is 36.0. The van der Waals surface area contributed by atoms with Gasteiger partial charge in [-0.2, -0.15) is 0 Å². The average Bonchev–Trinajstić information content (AvgIpc) is 2.96. The lowest BCUT2D eigenvalue weighted by atomic mass is 9.87. The molecule has 1 saturated carbocycles. The van der Waals surface area contributed by atoms with Gasteiger partial charge in [-0.1, -0.05) is 30.3 Å². The Morgan fingerprint density at radius 2 is 1.28 bits per heavy atom. The number of nitrogens with one attached hydrogen (secondary N) is 2. The predicted octanol–water partition coefficient (Wildman–Crippen LogP) is 5.01. The van der Waals surface area contributed by atoms with E-state index in [1.165, 1.54) is 0 Å². The lowest BCUT2D eigenvalue weighted by Gasteiger charge is -2.26. The van der Waals surface area contributed by atoms with Crippen LogP contribution in [-0.2, 0) is 4.79 Å². The summed E-state index contributed by atoms with van der Waals surface area (Å²) in [5, 5.41) is 14.7. The molecule has 1 atom stereocenters. The van der Waals surface area contributed by atoms with Gasteiger partial charge < -0.3 is 25.2 Å². The number of amides is 2. The van der Waals surface area contributed by atoms with Crippen molar-refractivity contribution in [2.24, 2.45) is 5.92 Å². The Labute approximate surface area is 228 Å². The van der Waals surface area contributed by atoms with Crippen LogP contribution in [0.25, 0.3) is 0 Å². The molecule has 0 aromatic heterocycles. The van der Waals surface area contributed by atoms with Gasteiger partial charge in [0.05, 0.1) is 12.0 Å². The number of carbonyl (C=O) groups is 3. The van der Waals surface area contributed by atoms with Gasteiger partial charge in [-0.25, -0.2) is 0 Å². The molecule has 2 amide bonds. The van der Waals surface area contributed by atoms with Crippen LogP contribution in [0, 0.1) is 5.92 Å². The van der Waals surface area contributed by atoms with Gasteiger partial charge in [0.15, 0.2) is 0 Å². The number of hydrogen-bond acceptors (Lipinski definition) is 5. The van der Waals surface area contributed by atoms with Crippen molar-refractivity contribution in [2.75, 3.05) is 13.1 Å². The van der Waals surface area contributed by atoms with E-state index in [0.717, 1.165) is 5.56 Å². The molecule has 0 bridgehead atoms. The highest BCUT2D eigenvalue weighted by atomic mass is 16.5. The maximum Gasteiger partial charge on any atom is 0.306 e. The minimum Gasteiger partial charge on any atom is -0.490 e. The number of ether oxygens (including phenoxy) is 2. The second-order valence-electron chi connectivity index (χ2n) is 9.66. The second-order valence-corrected chi connectivity index (χ2v) is 9.66. The summed E-state index contributed by atoms with van der Waals surface area (Å²) in [5.74, 6) is -0.162. The summed E-state index contributed by atoms with van der Waals surface area (Å²) in [5.41, 5.74) is 2.07. The average molecular weight is 531 g/mol. The Morgan fingerprint density at radius 3 is 1.79 bits per heavy atom. The number of aliphatic carboxylic acids is 1. The van der Waals surface area contributed by atoms with Crippen molar-refractivity contribution >= 4 is 17.8 Å². The fourth-order valence-electron chi connectivity index (χ4n) is 4.54. The van der Waals surface area contributed by atoms with Crippen LogP contribution in [0.1, 0.15) is 65.0 Å². The van der Waals surface area contributed by atoms with Gasteiger partial charge in [-0.15, -0.1) is 0 Å². The largest absolute Gasteiger partial charge is 0.490 e. The van der Waals surface area contributed by atoms with Crippen LogP contribution in [-0.4, -0.2) is 42.1 Å². The van der Waals surface area contributed by atoms with E-state index in [9.17, 15) is 14.4 Å². The zero-order chi connectivity index (χ0) is 27.6. The van der Waals surface area contributed by atoms with E-state index in [1.54, 1.807) is 48.5 Å². The molecule has 4 rings (SSSR count). The van der Waals surface area contributed by atoms with Crippen LogP contribution < -0.4 is 20.1 Å². The molecule has 0 heterocycles. The summed E-state index contributed by atoms with van der Waals surface area (Å²) in [6.45, 7) is 2.54. The summed E-state index contributed by atoms with van der Waals surface area (Å²) >= 11 is 0. The number of carboxylic acids is 1. The van der Waals surface area contributed by atoms with E-state index in [0.29, 0.717) is 48.3 Å². The molecule has 1 fully saturated rings. The van der Waals surface area contributed by atoms with Crippen LogP contribution >= 0.6 is 0 Å². The Bertz CT molecular complexity index is 1240. The second kappa shape index (κ2) is 13.5. The minimum atomic E-state index is -0.739. The normalized spacial score (nSPS) is 17.5. The molecule has 0 radical (unpaired) electrons. The van der Waals surface area contributed by atoms with Gasteiger partial charge in [0, 0.05) is 24.2 Å². The quantitative estimate of drug-likeness (QED) is 0.301. The van der Waals surface area contributed by atoms with Crippen molar-refractivity contribution in [3.8, 4) is 11.5 Å². The summed E-state index contributed by atoms with van der Waals surface area (Å²) < 4.78 is 11.9. The number of benzene rings is 3. The van der Waals surface area contributed by atoms with Crippen molar-refractivity contribution in [1.29, 1.82) is 0 Å². The van der Waals surface area contributed by atoms with Crippen molar-refractivity contribution < 1.29 is 29.0 Å². The van der Waals surface area contributed by atoms with Crippen LogP contribution in [0.3, 0.4) is 0 Å². The van der Waals surface area contributed by atoms with E-state index in [1.807, 2.05) is 37.3 Å². The maximum absolute atomic E-state index is 12.5. The third-order valence-corrected chi connectivity index (χ3v) is 6.84. The van der Waals surface area contributed by atoms with Crippen LogP contribution in [0.5, 0.6) is 11.5 Å². The minimum absolute atomic E-state index is 0.00883. The number of rotatable bonds is 11. The first-order valence-corrected chi connectivity index (χ1v) is 13.3. The lowest BCUT2D eigenvalue weighted by Crippen LogP contribution is -2.34. The molecule has 8 nitrogen and oxygen atoms in total. The third-order valence-electron chi connectivity index (χ3n) is 6.84. The zero-order valence-corrected chi connectivity index (χ0v) is 22.0. The topological polar surface area (TPSA) is 114 Å². The van der Waals surface area contributed by atoms with Crippen LogP contribution in [0.2, 0.25) is 0 Å². The number of hydrogen-bond donors (Lipinski definition) is 3. The van der Waals surface area contributed by atoms with Crippen molar-refractivity contribution in [3.63, 3.8) is 0 Å². The van der Waals surface area contributed by atoms with E-state index in [4.69, 9.17) is 14.6 Å². The van der Waals surface area contributed by atoms with Gasteiger partial charge in [0.1, 0.15) is 17.6 Å². The van der Waals surface area contributed by atoms with E-state index in [-0.39, 0.29) is 43.0 Å². The fraction of sp³-hybridized carbons (Fsp3) is 0.323. The van der Waals surface area contributed by atoms with Gasteiger partial charge in [-0.3, -0.25) is 14.4 Å². The first-order chi connectivity index (χ1) is 18.9. The highest BCUT2D eigenvalue weighted by Gasteiger charge is 2.26. The molecule has 1 aliphatic carbocycles. The number of carbonyl (C=O) groups excluding carboxylic acids is 2. The standard InChI is InChI=1S/C31H34N2O6/c1-21(22-5-3-2-4-6-22)38-26-13-7-23(8-14-26)29(34)32-19-20-33-30(35)24-9-15-27(16-10-24)39-28-17-11-25(12-18-28)31(36)37/h2-10,13-16,21,25,28H,11-12,17-20H2,1H3,(H,32,34)(H,33,35)(H,36,37)/t21-,25?,28?/m0/s1. The SMILES string of the molecule is C[C@H](Oc1ccc(C(=O)NCCNC(=O)c2ccc(OC3CCC(C(=O)O)CC3)cc2)cc1)c1ccccc1. The Hall–Kier alpha value is -4.33. The van der Waals surface area contributed by atoms with Crippen molar-refractivity contribution in [3.05, 3.63) is 95.6 Å².